The van der Waals surface area contributed by atoms with E-state index >= 15 is 0 Å². The van der Waals surface area contributed by atoms with Gasteiger partial charge < -0.3 is 15.0 Å². The third-order valence-corrected chi connectivity index (χ3v) is 3.55. The zero-order valence-electron chi connectivity index (χ0n) is 12.3. The predicted molar refractivity (Wildman–Crippen MR) is 73.7 cm³/mol. The molecule has 0 aromatic rings. The van der Waals surface area contributed by atoms with Gasteiger partial charge in [0, 0.05) is 26.6 Å². The monoisotopic (exact) mass is 270 g/mol. The van der Waals surface area contributed by atoms with E-state index in [9.17, 15) is 9.59 Å². The first kappa shape index (κ1) is 16.0. The highest BCUT2D eigenvalue weighted by Gasteiger charge is 2.36. The van der Waals surface area contributed by atoms with E-state index in [-0.39, 0.29) is 23.8 Å². The van der Waals surface area contributed by atoms with Crippen LogP contribution in [-0.4, -0.2) is 49.6 Å². The molecule has 2 atom stereocenters. The van der Waals surface area contributed by atoms with Crippen LogP contribution in [0.3, 0.4) is 0 Å². The molecule has 0 spiro atoms. The Hall–Kier alpha value is -1.10. The van der Waals surface area contributed by atoms with Crippen molar-refractivity contribution in [3.05, 3.63) is 0 Å². The first-order valence-corrected chi connectivity index (χ1v) is 7.16. The van der Waals surface area contributed by atoms with Crippen LogP contribution in [-0.2, 0) is 14.3 Å². The third kappa shape index (κ3) is 4.82. The number of methoxy groups -OCH3 is 1. The quantitative estimate of drug-likeness (QED) is 0.674. The van der Waals surface area contributed by atoms with E-state index in [4.69, 9.17) is 4.74 Å². The summed E-state index contributed by atoms with van der Waals surface area (Å²) in [5, 5.41) is 2.92. The first-order chi connectivity index (χ1) is 9.10. The Morgan fingerprint density at radius 3 is 2.89 bits per heavy atom. The number of hydrogen-bond acceptors (Lipinski definition) is 3. The van der Waals surface area contributed by atoms with Crippen LogP contribution < -0.4 is 5.32 Å². The number of amides is 2. The van der Waals surface area contributed by atoms with Gasteiger partial charge in [0.2, 0.25) is 11.8 Å². The van der Waals surface area contributed by atoms with Crippen molar-refractivity contribution >= 4 is 11.8 Å². The van der Waals surface area contributed by atoms with Crippen molar-refractivity contribution in [2.75, 3.05) is 26.8 Å². The highest BCUT2D eigenvalue weighted by molar-refractivity contribution is 5.89. The van der Waals surface area contributed by atoms with Crippen LogP contribution in [0.25, 0.3) is 0 Å². The van der Waals surface area contributed by atoms with Gasteiger partial charge in [0.1, 0.15) is 0 Å². The fraction of sp³-hybridized carbons (Fsp3) is 0.857. The minimum Gasteiger partial charge on any atom is -0.383 e. The topological polar surface area (TPSA) is 58.6 Å². The Labute approximate surface area is 115 Å². The Morgan fingerprint density at radius 1 is 1.53 bits per heavy atom. The smallest absolute Gasteiger partial charge is 0.225 e. The molecule has 1 fully saturated rings. The van der Waals surface area contributed by atoms with Crippen molar-refractivity contribution in [1.29, 1.82) is 0 Å². The van der Waals surface area contributed by atoms with Crippen LogP contribution >= 0.6 is 0 Å². The Balaban J connectivity index is 2.36. The van der Waals surface area contributed by atoms with Gasteiger partial charge in [-0.05, 0) is 13.3 Å². The SMILES string of the molecule is CCCCCNC(=O)[C@H]1CC(=O)N([C@@H](C)COC)C1. The number of likely N-dealkylation sites (tertiary alicyclic amines) is 1. The van der Waals surface area contributed by atoms with E-state index in [2.05, 4.69) is 12.2 Å². The first-order valence-electron chi connectivity index (χ1n) is 7.16. The van der Waals surface area contributed by atoms with Gasteiger partial charge in [-0.15, -0.1) is 0 Å². The summed E-state index contributed by atoms with van der Waals surface area (Å²) in [6.07, 6.45) is 3.60. The molecule has 5 heteroatoms. The molecule has 2 amide bonds. The van der Waals surface area contributed by atoms with Crippen LogP contribution in [0.15, 0.2) is 0 Å². The Bertz CT molecular complexity index is 307. The average molecular weight is 270 g/mol. The molecular formula is C14H26N2O3. The molecule has 0 aliphatic carbocycles. The number of nitrogens with one attached hydrogen (secondary N) is 1. The van der Waals surface area contributed by atoms with Crippen LogP contribution in [0, 0.1) is 5.92 Å². The van der Waals surface area contributed by atoms with E-state index in [1.54, 1.807) is 12.0 Å². The molecule has 0 aromatic heterocycles. The fourth-order valence-electron chi connectivity index (χ4n) is 2.40. The summed E-state index contributed by atoms with van der Waals surface area (Å²) in [5.41, 5.74) is 0. The normalized spacial score (nSPS) is 20.7. The maximum absolute atomic E-state index is 12.0. The molecule has 1 aliphatic rings. The van der Waals surface area contributed by atoms with E-state index in [1.165, 1.54) is 0 Å². The van der Waals surface area contributed by atoms with Crippen molar-refractivity contribution in [1.82, 2.24) is 10.2 Å². The third-order valence-electron chi connectivity index (χ3n) is 3.55. The molecule has 1 rings (SSSR count). The molecule has 0 saturated carbocycles. The molecule has 1 aliphatic heterocycles. The number of nitrogens with zero attached hydrogens (tertiary/aromatic N) is 1. The number of hydrogen-bond donors (Lipinski definition) is 1. The summed E-state index contributed by atoms with van der Waals surface area (Å²) in [7, 11) is 1.62. The van der Waals surface area contributed by atoms with Crippen LogP contribution in [0.2, 0.25) is 0 Å². The van der Waals surface area contributed by atoms with Gasteiger partial charge in [0.25, 0.3) is 0 Å². The van der Waals surface area contributed by atoms with E-state index in [0.717, 1.165) is 19.3 Å². The summed E-state index contributed by atoms with van der Waals surface area (Å²) in [6.45, 7) is 5.82. The molecule has 0 unspecified atom stereocenters. The van der Waals surface area contributed by atoms with Crippen molar-refractivity contribution in [2.24, 2.45) is 5.92 Å². The van der Waals surface area contributed by atoms with Crippen molar-refractivity contribution in [3.8, 4) is 0 Å². The molecule has 1 heterocycles. The Morgan fingerprint density at radius 2 is 2.26 bits per heavy atom. The highest BCUT2D eigenvalue weighted by Crippen LogP contribution is 2.20. The number of ether oxygens (including phenoxy) is 1. The lowest BCUT2D eigenvalue weighted by molar-refractivity contribution is -0.130. The summed E-state index contributed by atoms with van der Waals surface area (Å²) < 4.78 is 5.06. The lowest BCUT2D eigenvalue weighted by Crippen LogP contribution is -2.39. The van der Waals surface area contributed by atoms with Crippen LogP contribution in [0.1, 0.15) is 39.5 Å². The van der Waals surface area contributed by atoms with E-state index in [1.807, 2.05) is 6.92 Å². The molecule has 1 saturated heterocycles. The van der Waals surface area contributed by atoms with Gasteiger partial charge in [-0.3, -0.25) is 9.59 Å². The zero-order valence-corrected chi connectivity index (χ0v) is 12.3. The molecule has 19 heavy (non-hydrogen) atoms. The summed E-state index contributed by atoms with van der Waals surface area (Å²) in [6, 6.07) is 0.0374. The molecule has 110 valence electrons. The minimum atomic E-state index is -0.201. The number of carbonyl (C=O) groups excluding carboxylic acids is 2. The van der Waals surface area contributed by atoms with E-state index < -0.39 is 0 Å². The summed E-state index contributed by atoms with van der Waals surface area (Å²) >= 11 is 0. The number of carbonyl (C=O) groups is 2. The van der Waals surface area contributed by atoms with Crippen molar-refractivity contribution in [3.63, 3.8) is 0 Å². The van der Waals surface area contributed by atoms with Gasteiger partial charge in [0.15, 0.2) is 0 Å². The fourth-order valence-corrected chi connectivity index (χ4v) is 2.40. The zero-order chi connectivity index (χ0) is 14.3. The average Bonchev–Trinajstić information content (AvgIpc) is 2.77. The van der Waals surface area contributed by atoms with Crippen molar-refractivity contribution < 1.29 is 14.3 Å². The molecular weight excluding hydrogens is 244 g/mol. The largest absolute Gasteiger partial charge is 0.383 e. The van der Waals surface area contributed by atoms with Gasteiger partial charge in [-0.2, -0.15) is 0 Å². The molecule has 1 N–H and O–H groups in total. The predicted octanol–water partition coefficient (Wildman–Crippen LogP) is 1.18. The Kier molecular flexibility index (Phi) is 6.84. The van der Waals surface area contributed by atoms with E-state index in [0.29, 0.717) is 26.1 Å². The number of rotatable bonds is 8. The minimum absolute atomic E-state index is 0.0107. The second kappa shape index (κ2) is 8.15. The lowest BCUT2D eigenvalue weighted by atomic mass is 10.1. The maximum atomic E-state index is 12.0. The van der Waals surface area contributed by atoms with Gasteiger partial charge >= 0.3 is 0 Å². The highest BCUT2D eigenvalue weighted by atomic mass is 16.5. The second-order valence-corrected chi connectivity index (χ2v) is 5.25. The van der Waals surface area contributed by atoms with Crippen LogP contribution in [0.5, 0.6) is 0 Å². The molecule has 0 bridgehead atoms. The lowest BCUT2D eigenvalue weighted by Gasteiger charge is -2.23. The second-order valence-electron chi connectivity index (χ2n) is 5.25. The standard InChI is InChI=1S/C14H26N2O3/c1-4-5-6-7-15-14(18)12-8-13(17)16(9-12)11(2)10-19-3/h11-12H,4-10H2,1-3H3,(H,15,18)/t11-,12-/m0/s1. The molecule has 5 nitrogen and oxygen atoms in total. The van der Waals surface area contributed by atoms with Gasteiger partial charge in [-0.1, -0.05) is 19.8 Å². The summed E-state index contributed by atoms with van der Waals surface area (Å²) in [5.74, 6) is -0.136. The van der Waals surface area contributed by atoms with Gasteiger partial charge in [-0.25, -0.2) is 0 Å². The molecule has 0 aromatic carbocycles. The van der Waals surface area contributed by atoms with Crippen LogP contribution in [0.4, 0.5) is 0 Å². The van der Waals surface area contributed by atoms with Crippen molar-refractivity contribution in [2.45, 2.75) is 45.6 Å². The van der Waals surface area contributed by atoms with Gasteiger partial charge in [0.05, 0.1) is 18.6 Å². The maximum Gasteiger partial charge on any atom is 0.225 e. The molecule has 0 radical (unpaired) electrons. The number of unbranched alkanes of at least 4 members (excludes halogenated alkanes) is 2. The summed E-state index contributed by atoms with van der Waals surface area (Å²) in [4.78, 5) is 25.6.